The van der Waals surface area contributed by atoms with Crippen LogP contribution in [0.25, 0.3) is 11.3 Å². The first-order valence-corrected chi connectivity index (χ1v) is 9.66. The Kier molecular flexibility index (Phi) is 7.56. The molecular formula is C21H24F2N6O. The van der Waals surface area contributed by atoms with Gasteiger partial charge in [0, 0.05) is 43.3 Å². The summed E-state index contributed by atoms with van der Waals surface area (Å²) in [5, 5.41) is 15.4. The minimum Gasteiger partial charge on any atom is -0.393 e. The zero-order chi connectivity index (χ0) is 21.3. The molecule has 9 heteroatoms. The molecule has 0 saturated heterocycles. The third-order valence-corrected chi connectivity index (χ3v) is 4.46. The van der Waals surface area contributed by atoms with Crippen LogP contribution in [-0.2, 0) is 6.54 Å². The number of hydrogen-bond donors (Lipinski definition) is 3. The summed E-state index contributed by atoms with van der Waals surface area (Å²) in [6, 6.07) is 4.82. The number of aryl methyl sites for hydroxylation is 1. The first kappa shape index (κ1) is 21.5. The number of pyridine rings is 2. The molecule has 0 aliphatic carbocycles. The summed E-state index contributed by atoms with van der Waals surface area (Å²) in [7, 11) is 0. The maximum Gasteiger partial charge on any atom is 0.181 e. The van der Waals surface area contributed by atoms with E-state index in [9.17, 15) is 13.9 Å². The van der Waals surface area contributed by atoms with E-state index in [2.05, 4.69) is 30.6 Å². The Morgan fingerprint density at radius 1 is 1.17 bits per heavy atom. The molecule has 2 aromatic heterocycles. The molecule has 7 nitrogen and oxygen atoms in total. The average Bonchev–Trinajstić information content (AvgIpc) is 2.72. The van der Waals surface area contributed by atoms with E-state index in [1.807, 2.05) is 6.92 Å². The Morgan fingerprint density at radius 3 is 2.73 bits per heavy atom. The fraction of sp³-hybridized carbons (Fsp3) is 0.333. The van der Waals surface area contributed by atoms with Crippen LogP contribution in [0.3, 0.4) is 0 Å². The topological polar surface area (TPSA) is 94.8 Å². The fourth-order valence-electron chi connectivity index (χ4n) is 2.85. The van der Waals surface area contributed by atoms with E-state index in [0.717, 1.165) is 11.9 Å². The van der Waals surface area contributed by atoms with Gasteiger partial charge in [0.1, 0.15) is 17.3 Å². The number of halogens is 2. The van der Waals surface area contributed by atoms with Crippen molar-refractivity contribution in [3.05, 3.63) is 59.3 Å². The van der Waals surface area contributed by atoms with Crippen molar-refractivity contribution in [1.82, 2.24) is 20.6 Å². The van der Waals surface area contributed by atoms with Crippen molar-refractivity contribution < 1.29 is 13.9 Å². The molecule has 1 aliphatic heterocycles. The van der Waals surface area contributed by atoms with Crippen LogP contribution in [0, 0.1) is 12.7 Å². The number of aliphatic imine (C=N–C) groups is 2. The summed E-state index contributed by atoms with van der Waals surface area (Å²) < 4.78 is 29.0. The number of nitrogens with one attached hydrogen (secondary N) is 2. The first-order valence-electron chi connectivity index (χ1n) is 9.66. The highest BCUT2D eigenvalue weighted by Crippen LogP contribution is 2.21. The summed E-state index contributed by atoms with van der Waals surface area (Å²) in [6.45, 7) is 2.71. The van der Waals surface area contributed by atoms with Crippen molar-refractivity contribution in [2.24, 2.45) is 9.98 Å². The van der Waals surface area contributed by atoms with Crippen LogP contribution >= 0.6 is 0 Å². The third-order valence-electron chi connectivity index (χ3n) is 4.46. The second-order valence-electron chi connectivity index (χ2n) is 6.88. The second-order valence-corrected chi connectivity index (χ2v) is 6.88. The Morgan fingerprint density at radius 2 is 1.97 bits per heavy atom. The maximum absolute atomic E-state index is 14.6. The minimum atomic E-state index is -0.617. The lowest BCUT2D eigenvalue weighted by Gasteiger charge is -2.13. The van der Waals surface area contributed by atoms with E-state index in [0.29, 0.717) is 37.1 Å². The zero-order valence-corrected chi connectivity index (χ0v) is 16.6. The molecule has 0 amide bonds. The predicted octanol–water partition coefficient (Wildman–Crippen LogP) is 2.66. The van der Waals surface area contributed by atoms with Gasteiger partial charge in [-0.3, -0.25) is 20.0 Å². The van der Waals surface area contributed by atoms with Crippen LogP contribution in [-0.4, -0.2) is 46.8 Å². The molecule has 3 rings (SSSR count). The van der Waals surface area contributed by atoms with Gasteiger partial charge in [0.05, 0.1) is 18.7 Å². The molecule has 0 aromatic carbocycles. The lowest BCUT2D eigenvalue weighted by molar-refractivity contribution is 0.160. The van der Waals surface area contributed by atoms with Crippen molar-refractivity contribution in [3.8, 4) is 11.3 Å². The van der Waals surface area contributed by atoms with Crippen molar-refractivity contribution in [2.75, 3.05) is 13.1 Å². The molecule has 1 atom stereocenters. The maximum atomic E-state index is 14.6. The van der Waals surface area contributed by atoms with Gasteiger partial charge in [-0.2, -0.15) is 0 Å². The molecular weight excluding hydrogens is 390 g/mol. The van der Waals surface area contributed by atoms with Gasteiger partial charge in [-0.25, -0.2) is 8.78 Å². The number of nitrogens with zero attached hydrogens (tertiary/aromatic N) is 4. The van der Waals surface area contributed by atoms with Crippen LogP contribution < -0.4 is 10.6 Å². The summed E-state index contributed by atoms with van der Waals surface area (Å²) in [5.74, 6) is -1.02. The van der Waals surface area contributed by atoms with E-state index in [-0.39, 0.29) is 18.1 Å². The van der Waals surface area contributed by atoms with Gasteiger partial charge >= 0.3 is 0 Å². The number of aromatic nitrogens is 2. The molecule has 0 radical (unpaired) electrons. The average molecular weight is 414 g/mol. The lowest BCUT2D eigenvalue weighted by atomic mass is 10.1. The van der Waals surface area contributed by atoms with Crippen molar-refractivity contribution in [2.45, 2.75) is 32.4 Å². The Hall–Kier alpha value is -3.20. The Labute approximate surface area is 173 Å². The first-order chi connectivity index (χ1) is 14.5. The highest BCUT2D eigenvalue weighted by atomic mass is 19.1. The van der Waals surface area contributed by atoms with Crippen molar-refractivity contribution in [3.63, 3.8) is 0 Å². The van der Waals surface area contributed by atoms with Crippen LogP contribution in [0.1, 0.15) is 24.1 Å². The fourth-order valence-corrected chi connectivity index (χ4v) is 2.85. The van der Waals surface area contributed by atoms with Gasteiger partial charge < -0.3 is 15.7 Å². The zero-order valence-electron chi connectivity index (χ0n) is 16.6. The summed E-state index contributed by atoms with van der Waals surface area (Å²) in [4.78, 5) is 16.4. The quantitative estimate of drug-likeness (QED) is 0.715. The van der Waals surface area contributed by atoms with Gasteiger partial charge in [-0.15, -0.1) is 0 Å². The van der Waals surface area contributed by atoms with Crippen LogP contribution in [0.15, 0.2) is 52.2 Å². The molecule has 0 bridgehead atoms. The highest BCUT2D eigenvalue weighted by Gasteiger charge is 2.10. The Bertz CT molecular complexity index is 960. The molecule has 1 unspecified atom stereocenters. The van der Waals surface area contributed by atoms with Crippen molar-refractivity contribution in [1.29, 1.82) is 0 Å². The molecule has 2 aromatic rings. The van der Waals surface area contributed by atoms with E-state index in [1.165, 1.54) is 12.4 Å². The molecule has 0 fully saturated rings. The van der Waals surface area contributed by atoms with Crippen molar-refractivity contribution >= 4 is 12.6 Å². The Balaban J connectivity index is 1.71. The summed E-state index contributed by atoms with van der Waals surface area (Å²) in [6.07, 6.45) is 6.04. The smallest absolute Gasteiger partial charge is 0.181 e. The van der Waals surface area contributed by atoms with E-state index < -0.39 is 17.7 Å². The van der Waals surface area contributed by atoms with Crippen LogP contribution in [0.5, 0.6) is 0 Å². The van der Waals surface area contributed by atoms with Gasteiger partial charge in [0.15, 0.2) is 5.83 Å². The molecule has 158 valence electrons. The largest absolute Gasteiger partial charge is 0.393 e. The number of allylic oxidation sites excluding steroid dienone is 1. The monoisotopic (exact) mass is 414 g/mol. The normalized spacial score (nSPS) is 17.8. The van der Waals surface area contributed by atoms with Gasteiger partial charge in [0.25, 0.3) is 0 Å². The van der Waals surface area contributed by atoms with Gasteiger partial charge in [-0.05, 0) is 43.5 Å². The van der Waals surface area contributed by atoms with Gasteiger partial charge in [-0.1, -0.05) is 0 Å². The third kappa shape index (κ3) is 6.15. The molecule has 3 N–H and O–H groups in total. The molecule has 0 saturated carbocycles. The summed E-state index contributed by atoms with van der Waals surface area (Å²) in [5.41, 5.74) is 2.20. The predicted molar refractivity (Wildman–Crippen MR) is 112 cm³/mol. The minimum absolute atomic E-state index is 0.0675. The van der Waals surface area contributed by atoms with E-state index >= 15 is 0 Å². The number of aliphatic hydroxyl groups excluding tert-OH is 1. The molecule has 3 heterocycles. The molecule has 1 aliphatic rings. The number of aliphatic hydroxyl groups is 1. The lowest BCUT2D eigenvalue weighted by Crippen LogP contribution is -2.27. The summed E-state index contributed by atoms with van der Waals surface area (Å²) >= 11 is 0. The van der Waals surface area contributed by atoms with Crippen LogP contribution in [0.4, 0.5) is 8.78 Å². The number of rotatable bonds is 4. The molecule has 0 spiro atoms. The highest BCUT2D eigenvalue weighted by molar-refractivity contribution is 5.77. The second kappa shape index (κ2) is 10.5. The van der Waals surface area contributed by atoms with Crippen LogP contribution in [0.2, 0.25) is 0 Å². The SMILES string of the molecule is Cc1cc(-c2ncc(CNC3=C(F)C=NCCC(O)CCN=CN3)cc2F)ccn1. The number of hydrogen-bond acceptors (Lipinski definition) is 7. The van der Waals surface area contributed by atoms with E-state index in [1.54, 1.807) is 24.5 Å². The van der Waals surface area contributed by atoms with Gasteiger partial charge in [0.2, 0.25) is 0 Å². The molecule has 30 heavy (non-hydrogen) atoms. The van der Waals surface area contributed by atoms with E-state index in [4.69, 9.17) is 0 Å². The standard InChI is InChI=1S/C21H24F2N6O/c1-14-8-16(2-7-26-14)20-18(22)9-15(10-27-20)11-28-21-19(23)12-24-5-3-17(30)4-6-25-13-29-21/h2,7-10,12-13,17,28,30H,3-6,11H2,1H3,(H,25,29).